The van der Waals surface area contributed by atoms with Crippen LogP contribution in [-0.2, 0) is 10.2 Å². The largest absolute Gasteiger partial charge is 0.497 e. The average molecular weight is 350 g/mol. The average Bonchev–Trinajstić information content (AvgIpc) is 3.36. The lowest BCUT2D eigenvalue weighted by atomic mass is 9.94. The van der Waals surface area contributed by atoms with Crippen LogP contribution in [0.2, 0.25) is 0 Å². The topological polar surface area (TPSA) is 63.3 Å². The van der Waals surface area contributed by atoms with Gasteiger partial charge in [0.15, 0.2) is 0 Å². The third-order valence-electron chi connectivity index (χ3n) is 5.02. The van der Waals surface area contributed by atoms with E-state index >= 15 is 0 Å². The molecule has 1 aliphatic carbocycles. The molecular formula is C21H22N2O3. The molecule has 0 saturated heterocycles. The summed E-state index contributed by atoms with van der Waals surface area (Å²) in [5.74, 6) is 1.49. The molecule has 5 heteroatoms. The highest BCUT2D eigenvalue weighted by Crippen LogP contribution is 2.51. The van der Waals surface area contributed by atoms with Gasteiger partial charge in [0.05, 0.1) is 24.8 Å². The van der Waals surface area contributed by atoms with E-state index in [0.717, 1.165) is 35.1 Å². The van der Waals surface area contributed by atoms with E-state index in [1.165, 1.54) is 0 Å². The minimum absolute atomic E-state index is 0.00775. The maximum atomic E-state index is 13.1. The summed E-state index contributed by atoms with van der Waals surface area (Å²) in [7, 11) is 1.65. The molecule has 26 heavy (non-hydrogen) atoms. The Morgan fingerprint density at radius 2 is 2.04 bits per heavy atom. The summed E-state index contributed by atoms with van der Waals surface area (Å²) in [5, 5.41) is 4.11. The van der Waals surface area contributed by atoms with Crippen LogP contribution in [0.5, 0.6) is 11.5 Å². The molecule has 1 saturated carbocycles. The smallest absolute Gasteiger partial charge is 0.235 e. The molecule has 134 valence electrons. The van der Waals surface area contributed by atoms with Crippen LogP contribution in [0, 0.1) is 0 Å². The first kappa shape index (κ1) is 16.5. The zero-order valence-electron chi connectivity index (χ0n) is 15.0. The van der Waals surface area contributed by atoms with Crippen molar-refractivity contribution in [3.8, 4) is 11.5 Å². The van der Waals surface area contributed by atoms with E-state index < -0.39 is 5.41 Å². The molecule has 4 rings (SSSR count). The van der Waals surface area contributed by atoms with Gasteiger partial charge in [-0.1, -0.05) is 12.1 Å². The number of benzene rings is 2. The number of carbonyl (C=O) groups is 1. The second-order valence-electron chi connectivity index (χ2n) is 6.58. The summed E-state index contributed by atoms with van der Waals surface area (Å²) >= 11 is 0. The Morgan fingerprint density at radius 1 is 1.23 bits per heavy atom. The maximum Gasteiger partial charge on any atom is 0.235 e. The van der Waals surface area contributed by atoms with Gasteiger partial charge in [-0.25, -0.2) is 0 Å². The third-order valence-corrected chi connectivity index (χ3v) is 5.02. The van der Waals surface area contributed by atoms with Gasteiger partial charge < -0.3 is 19.8 Å². The highest BCUT2D eigenvalue weighted by molar-refractivity contribution is 6.05. The number of para-hydroxylation sites is 2. The number of hydrogen-bond donors (Lipinski definition) is 2. The van der Waals surface area contributed by atoms with E-state index in [2.05, 4.69) is 10.3 Å². The van der Waals surface area contributed by atoms with Crippen LogP contribution in [0.4, 0.5) is 5.69 Å². The number of ether oxygens (including phenoxy) is 2. The molecular weight excluding hydrogens is 328 g/mol. The van der Waals surface area contributed by atoms with Crippen molar-refractivity contribution in [3.63, 3.8) is 0 Å². The van der Waals surface area contributed by atoms with E-state index in [9.17, 15) is 4.79 Å². The fraction of sp³-hybridized carbons (Fsp3) is 0.286. The van der Waals surface area contributed by atoms with Crippen LogP contribution >= 0.6 is 0 Å². The van der Waals surface area contributed by atoms with Crippen molar-refractivity contribution in [1.29, 1.82) is 0 Å². The molecule has 3 aromatic rings. The van der Waals surface area contributed by atoms with E-state index in [-0.39, 0.29) is 5.91 Å². The van der Waals surface area contributed by atoms with Gasteiger partial charge in [0.2, 0.25) is 5.91 Å². The molecule has 0 atom stereocenters. The lowest BCUT2D eigenvalue weighted by Gasteiger charge is -2.17. The van der Waals surface area contributed by atoms with Gasteiger partial charge in [-0.3, -0.25) is 4.79 Å². The number of methoxy groups -OCH3 is 1. The van der Waals surface area contributed by atoms with Gasteiger partial charge in [-0.2, -0.15) is 0 Å². The normalized spacial score (nSPS) is 14.8. The molecule has 1 aromatic heterocycles. The number of amides is 1. The van der Waals surface area contributed by atoms with E-state index in [1.807, 2.05) is 55.6 Å². The molecule has 1 aliphatic rings. The number of rotatable bonds is 6. The molecule has 5 nitrogen and oxygen atoms in total. The van der Waals surface area contributed by atoms with Crippen molar-refractivity contribution < 1.29 is 14.3 Å². The van der Waals surface area contributed by atoms with Crippen LogP contribution in [0.25, 0.3) is 10.9 Å². The van der Waals surface area contributed by atoms with Gasteiger partial charge in [0.25, 0.3) is 0 Å². The van der Waals surface area contributed by atoms with E-state index in [4.69, 9.17) is 9.47 Å². The van der Waals surface area contributed by atoms with Gasteiger partial charge >= 0.3 is 0 Å². The molecule has 0 aliphatic heterocycles. The van der Waals surface area contributed by atoms with Crippen molar-refractivity contribution in [2.75, 3.05) is 19.0 Å². The fourth-order valence-corrected chi connectivity index (χ4v) is 3.46. The summed E-state index contributed by atoms with van der Waals surface area (Å²) in [5.41, 5.74) is 2.25. The van der Waals surface area contributed by atoms with Gasteiger partial charge in [-0.15, -0.1) is 0 Å². The summed E-state index contributed by atoms with van der Waals surface area (Å²) in [6.07, 6.45) is 3.62. The van der Waals surface area contributed by atoms with Crippen LogP contribution in [-0.4, -0.2) is 24.6 Å². The highest BCUT2D eigenvalue weighted by Gasteiger charge is 2.52. The minimum atomic E-state index is -0.496. The first-order valence-corrected chi connectivity index (χ1v) is 8.87. The first-order chi connectivity index (χ1) is 12.7. The second-order valence-corrected chi connectivity index (χ2v) is 6.58. The Balaban J connectivity index is 1.67. The van der Waals surface area contributed by atoms with E-state index in [1.54, 1.807) is 7.11 Å². The predicted octanol–water partition coefficient (Wildman–Crippen LogP) is 4.25. The number of nitrogens with one attached hydrogen (secondary N) is 2. The van der Waals surface area contributed by atoms with Crippen molar-refractivity contribution in [2.24, 2.45) is 0 Å². The maximum absolute atomic E-state index is 13.1. The van der Waals surface area contributed by atoms with Crippen LogP contribution < -0.4 is 14.8 Å². The summed E-state index contributed by atoms with van der Waals surface area (Å²) in [6, 6.07) is 13.4. The number of aromatic amines is 1. The van der Waals surface area contributed by atoms with Gasteiger partial charge in [0.1, 0.15) is 11.5 Å². The zero-order valence-corrected chi connectivity index (χ0v) is 15.0. The standard InChI is InChI=1S/C21H22N2O3/c1-3-26-19-7-5-4-6-18(19)23-20(24)21(10-11-21)16-13-22-17-9-8-14(25-2)12-15(16)17/h4-9,12-13,22H,3,10-11H2,1-2H3,(H,23,24). The van der Waals surface area contributed by atoms with E-state index in [0.29, 0.717) is 18.0 Å². The monoisotopic (exact) mass is 350 g/mol. The number of hydrogen-bond acceptors (Lipinski definition) is 3. The molecule has 0 bridgehead atoms. The molecule has 0 radical (unpaired) electrons. The summed E-state index contributed by atoms with van der Waals surface area (Å²) in [4.78, 5) is 16.4. The molecule has 1 amide bonds. The summed E-state index contributed by atoms with van der Waals surface area (Å²) in [6.45, 7) is 2.49. The molecule has 1 fully saturated rings. The van der Waals surface area contributed by atoms with Crippen molar-refractivity contribution in [1.82, 2.24) is 4.98 Å². The van der Waals surface area contributed by atoms with Crippen LogP contribution in [0.15, 0.2) is 48.7 Å². The Morgan fingerprint density at radius 3 is 2.77 bits per heavy atom. The Kier molecular flexibility index (Phi) is 4.07. The van der Waals surface area contributed by atoms with Crippen molar-refractivity contribution in [2.45, 2.75) is 25.2 Å². The third kappa shape index (κ3) is 2.69. The van der Waals surface area contributed by atoms with Gasteiger partial charge in [-0.05, 0) is 55.7 Å². The lowest BCUT2D eigenvalue weighted by Crippen LogP contribution is -2.27. The quantitative estimate of drug-likeness (QED) is 0.699. The number of carbonyl (C=O) groups excluding carboxylic acids is 1. The Labute approximate surface area is 152 Å². The molecule has 0 unspecified atom stereocenters. The van der Waals surface area contributed by atoms with Crippen molar-refractivity contribution >= 4 is 22.5 Å². The molecule has 2 aromatic carbocycles. The lowest BCUT2D eigenvalue weighted by molar-refractivity contribution is -0.118. The minimum Gasteiger partial charge on any atom is -0.497 e. The predicted molar refractivity (Wildman–Crippen MR) is 102 cm³/mol. The highest BCUT2D eigenvalue weighted by atomic mass is 16.5. The fourth-order valence-electron chi connectivity index (χ4n) is 3.46. The number of anilines is 1. The van der Waals surface area contributed by atoms with Crippen LogP contribution in [0.3, 0.4) is 0 Å². The first-order valence-electron chi connectivity index (χ1n) is 8.87. The number of fused-ring (bicyclic) bond motifs is 1. The number of aromatic nitrogens is 1. The second kappa shape index (κ2) is 6.41. The Hall–Kier alpha value is -2.95. The zero-order chi connectivity index (χ0) is 18.1. The number of H-pyrrole nitrogens is 1. The van der Waals surface area contributed by atoms with Crippen LogP contribution in [0.1, 0.15) is 25.3 Å². The Bertz CT molecular complexity index is 957. The summed E-state index contributed by atoms with van der Waals surface area (Å²) < 4.78 is 11.0. The molecule has 2 N–H and O–H groups in total. The molecule has 0 spiro atoms. The van der Waals surface area contributed by atoms with Crippen molar-refractivity contribution in [3.05, 3.63) is 54.2 Å². The SMILES string of the molecule is CCOc1ccccc1NC(=O)C1(c2c[nH]c3ccc(OC)cc23)CC1. The van der Waals surface area contributed by atoms with Gasteiger partial charge in [0, 0.05) is 17.1 Å². The molecule has 1 heterocycles.